The van der Waals surface area contributed by atoms with E-state index < -0.39 is 0 Å². The van der Waals surface area contributed by atoms with Gasteiger partial charge >= 0.3 is 0 Å². The molecule has 6 heteroatoms. The summed E-state index contributed by atoms with van der Waals surface area (Å²) >= 11 is 0. The molecule has 0 atom stereocenters. The lowest BCUT2D eigenvalue weighted by atomic mass is 10.0. The summed E-state index contributed by atoms with van der Waals surface area (Å²) in [6, 6.07) is 15.4. The maximum Gasteiger partial charge on any atom is 0.221 e. The number of benzene rings is 2. The van der Waals surface area contributed by atoms with Crippen LogP contribution in [0.15, 0.2) is 48.5 Å². The lowest BCUT2D eigenvalue weighted by Gasteiger charge is -2.20. The number of amides is 1. The van der Waals surface area contributed by atoms with E-state index in [1.807, 2.05) is 24.3 Å². The number of carbonyl (C=O) groups is 1. The number of phenolic OH excluding ortho intramolecular Hbond substituents is 1. The topological polar surface area (TPSA) is 78.4 Å². The molecule has 0 saturated heterocycles. The van der Waals surface area contributed by atoms with Crippen LogP contribution in [-0.2, 0) is 24.2 Å². The lowest BCUT2D eigenvalue weighted by molar-refractivity contribution is -0.114. The van der Waals surface area contributed by atoms with E-state index in [2.05, 4.69) is 22.3 Å². The van der Waals surface area contributed by atoms with Gasteiger partial charge in [-0.3, -0.25) is 9.69 Å². The lowest BCUT2D eigenvalue weighted by Crippen LogP contribution is -2.26. The molecule has 32 heavy (non-hydrogen) atoms. The summed E-state index contributed by atoms with van der Waals surface area (Å²) in [4.78, 5) is 23.7. The first-order chi connectivity index (χ1) is 15.5. The van der Waals surface area contributed by atoms with Gasteiger partial charge in [-0.05, 0) is 61.2 Å². The fourth-order valence-electron chi connectivity index (χ4n) is 4.36. The Kier molecular flexibility index (Phi) is 5.62. The molecule has 164 valence electrons. The normalized spacial score (nSPS) is 16.3. The number of rotatable bonds is 5. The Labute approximate surface area is 188 Å². The van der Waals surface area contributed by atoms with Gasteiger partial charge in [0.2, 0.25) is 5.91 Å². The maximum atomic E-state index is 11.2. The second-order valence-electron chi connectivity index (χ2n) is 8.83. The smallest absolute Gasteiger partial charge is 0.221 e. The zero-order valence-electron chi connectivity index (χ0n) is 18.3. The van der Waals surface area contributed by atoms with Crippen molar-refractivity contribution in [2.45, 2.75) is 45.1 Å². The third kappa shape index (κ3) is 4.65. The first-order valence-corrected chi connectivity index (χ1v) is 11.3. The molecule has 1 fully saturated rings. The molecule has 2 aromatic carbocycles. The van der Waals surface area contributed by atoms with Gasteiger partial charge in [0.1, 0.15) is 11.6 Å². The van der Waals surface area contributed by atoms with E-state index in [0.29, 0.717) is 5.92 Å². The highest BCUT2D eigenvalue weighted by Crippen LogP contribution is 2.40. The summed E-state index contributed by atoms with van der Waals surface area (Å²) in [5.41, 5.74) is 6.54. The van der Waals surface area contributed by atoms with Crippen LogP contribution in [0.1, 0.15) is 48.3 Å². The summed E-state index contributed by atoms with van der Waals surface area (Å²) in [6.07, 6.45) is 4.16. The number of anilines is 1. The van der Waals surface area contributed by atoms with E-state index in [-0.39, 0.29) is 11.7 Å². The van der Waals surface area contributed by atoms with Crippen molar-refractivity contribution in [1.82, 2.24) is 14.9 Å². The number of nitrogens with one attached hydrogen (secondary N) is 1. The molecule has 1 amide bonds. The number of aromatic hydroxyl groups is 1. The predicted octanol–water partition coefficient (Wildman–Crippen LogP) is 4.29. The molecular formula is C26H28N4O2. The maximum absolute atomic E-state index is 11.2. The van der Waals surface area contributed by atoms with Crippen LogP contribution in [0.2, 0.25) is 0 Å². The first-order valence-electron chi connectivity index (χ1n) is 11.3. The van der Waals surface area contributed by atoms with Crippen LogP contribution in [0, 0.1) is 0 Å². The van der Waals surface area contributed by atoms with Crippen LogP contribution < -0.4 is 5.32 Å². The zero-order valence-corrected chi connectivity index (χ0v) is 18.3. The van der Waals surface area contributed by atoms with Crippen LogP contribution >= 0.6 is 0 Å². The molecule has 5 rings (SSSR count). The fraction of sp³-hybridized carbons (Fsp3) is 0.346. The van der Waals surface area contributed by atoms with Crippen molar-refractivity contribution in [3.05, 3.63) is 71.2 Å². The van der Waals surface area contributed by atoms with Gasteiger partial charge in [0.05, 0.1) is 5.69 Å². The van der Waals surface area contributed by atoms with Crippen molar-refractivity contribution in [1.29, 1.82) is 0 Å². The van der Waals surface area contributed by atoms with E-state index in [9.17, 15) is 9.90 Å². The van der Waals surface area contributed by atoms with Crippen LogP contribution in [0.5, 0.6) is 5.75 Å². The molecule has 1 aromatic heterocycles. The summed E-state index contributed by atoms with van der Waals surface area (Å²) in [5, 5.41) is 12.5. The van der Waals surface area contributed by atoms with E-state index in [1.165, 1.54) is 36.6 Å². The fourth-order valence-corrected chi connectivity index (χ4v) is 4.36. The monoisotopic (exact) mass is 428 g/mol. The minimum absolute atomic E-state index is 0.0564. The number of carbonyl (C=O) groups excluding carboxylic acids is 1. The van der Waals surface area contributed by atoms with Gasteiger partial charge in [0.15, 0.2) is 0 Å². The Morgan fingerprint density at radius 3 is 2.44 bits per heavy atom. The molecule has 6 nitrogen and oxygen atoms in total. The van der Waals surface area contributed by atoms with Gasteiger partial charge in [-0.25, -0.2) is 9.97 Å². The van der Waals surface area contributed by atoms with Gasteiger partial charge < -0.3 is 10.4 Å². The van der Waals surface area contributed by atoms with Crippen LogP contribution in [0.25, 0.3) is 11.3 Å². The van der Waals surface area contributed by atoms with Crippen molar-refractivity contribution in [2.75, 3.05) is 18.4 Å². The van der Waals surface area contributed by atoms with E-state index in [0.717, 1.165) is 55.2 Å². The van der Waals surface area contributed by atoms with Gasteiger partial charge in [0, 0.05) is 61.4 Å². The number of nitrogens with zero attached hydrogens (tertiary/aromatic N) is 3. The highest BCUT2D eigenvalue weighted by atomic mass is 16.3. The van der Waals surface area contributed by atoms with Crippen molar-refractivity contribution >= 4 is 11.6 Å². The van der Waals surface area contributed by atoms with Crippen molar-refractivity contribution < 1.29 is 9.90 Å². The first kappa shape index (κ1) is 20.6. The van der Waals surface area contributed by atoms with E-state index in [4.69, 9.17) is 9.97 Å². The Morgan fingerprint density at radius 1 is 1.03 bits per heavy atom. The Hall–Kier alpha value is -3.25. The van der Waals surface area contributed by atoms with Gasteiger partial charge in [0.25, 0.3) is 0 Å². The van der Waals surface area contributed by atoms with E-state index in [1.54, 1.807) is 12.1 Å². The standard InChI is InChI=1S/C26H28N4O2/c1-17(31)27-21-8-2-18(3-9-21)16-30-14-12-23-24(13-15-30)28-26(20-4-5-20)29-25(23)19-6-10-22(32)11-7-19/h2-3,6-11,20,32H,4-5,12-16H2,1H3,(H,27,31). The molecule has 2 aliphatic rings. The van der Waals surface area contributed by atoms with Gasteiger partial charge in [-0.1, -0.05) is 12.1 Å². The number of aromatic nitrogens is 2. The average Bonchev–Trinajstić information content (AvgIpc) is 3.63. The average molecular weight is 429 g/mol. The van der Waals surface area contributed by atoms with Crippen LogP contribution in [-0.4, -0.2) is 39.0 Å². The molecule has 3 aromatic rings. The minimum atomic E-state index is -0.0564. The quantitative estimate of drug-likeness (QED) is 0.634. The Balaban J connectivity index is 1.36. The summed E-state index contributed by atoms with van der Waals surface area (Å²) in [6.45, 7) is 4.28. The number of phenols is 1. The van der Waals surface area contributed by atoms with Crippen molar-refractivity contribution in [3.8, 4) is 17.0 Å². The molecule has 2 heterocycles. The van der Waals surface area contributed by atoms with Gasteiger partial charge in [-0.2, -0.15) is 0 Å². The Morgan fingerprint density at radius 2 is 1.75 bits per heavy atom. The molecule has 0 radical (unpaired) electrons. The third-order valence-electron chi connectivity index (χ3n) is 6.22. The molecule has 0 spiro atoms. The molecule has 0 bridgehead atoms. The SMILES string of the molecule is CC(=O)Nc1ccc(CN2CCc3nc(C4CC4)nc(-c4ccc(O)cc4)c3CC2)cc1. The van der Waals surface area contributed by atoms with Crippen LogP contribution in [0.4, 0.5) is 5.69 Å². The highest BCUT2D eigenvalue weighted by molar-refractivity contribution is 5.88. The molecule has 2 N–H and O–H groups in total. The molecular weight excluding hydrogens is 400 g/mol. The molecule has 1 saturated carbocycles. The van der Waals surface area contributed by atoms with Crippen LogP contribution in [0.3, 0.4) is 0 Å². The van der Waals surface area contributed by atoms with Crippen molar-refractivity contribution in [2.24, 2.45) is 0 Å². The summed E-state index contributed by atoms with van der Waals surface area (Å²) < 4.78 is 0. The van der Waals surface area contributed by atoms with E-state index >= 15 is 0 Å². The number of fused-ring (bicyclic) bond motifs is 1. The van der Waals surface area contributed by atoms with Gasteiger partial charge in [-0.15, -0.1) is 0 Å². The molecule has 1 aliphatic heterocycles. The Bertz CT molecular complexity index is 1120. The second kappa shape index (κ2) is 8.71. The van der Waals surface area contributed by atoms with Crippen molar-refractivity contribution in [3.63, 3.8) is 0 Å². The minimum Gasteiger partial charge on any atom is -0.508 e. The second-order valence-corrected chi connectivity index (χ2v) is 8.83. The largest absolute Gasteiger partial charge is 0.508 e. The number of hydrogen-bond acceptors (Lipinski definition) is 5. The molecule has 1 aliphatic carbocycles. The highest BCUT2D eigenvalue weighted by Gasteiger charge is 2.29. The molecule has 0 unspecified atom stereocenters. The predicted molar refractivity (Wildman–Crippen MR) is 125 cm³/mol. The summed E-state index contributed by atoms with van der Waals surface area (Å²) in [5.74, 6) is 1.69. The third-order valence-corrected chi connectivity index (χ3v) is 6.22. The summed E-state index contributed by atoms with van der Waals surface area (Å²) in [7, 11) is 0. The zero-order chi connectivity index (χ0) is 22.1. The number of hydrogen-bond donors (Lipinski definition) is 2.